The highest BCUT2D eigenvalue weighted by atomic mass is 16.5. The fourth-order valence-electron chi connectivity index (χ4n) is 6.35. The summed E-state index contributed by atoms with van der Waals surface area (Å²) in [6.07, 6.45) is 5.94. The van der Waals surface area contributed by atoms with Crippen LogP contribution in [0.3, 0.4) is 0 Å². The Morgan fingerprint density at radius 3 is 2.56 bits per heavy atom. The number of aryl methyl sites for hydroxylation is 1. The number of amides is 2. The third kappa shape index (κ3) is 4.24. The molecule has 32 heavy (non-hydrogen) atoms. The Kier molecular flexibility index (Phi) is 6.24. The van der Waals surface area contributed by atoms with Gasteiger partial charge >= 0.3 is 6.03 Å². The molecule has 0 aromatic heterocycles. The van der Waals surface area contributed by atoms with Crippen molar-refractivity contribution in [1.29, 1.82) is 0 Å². The van der Waals surface area contributed by atoms with E-state index in [1.54, 1.807) is 18.2 Å². The summed E-state index contributed by atoms with van der Waals surface area (Å²) >= 11 is 0. The van der Waals surface area contributed by atoms with Gasteiger partial charge in [-0.25, -0.2) is 4.79 Å². The van der Waals surface area contributed by atoms with Gasteiger partial charge in [0, 0.05) is 12.2 Å². The van der Waals surface area contributed by atoms with Crippen molar-refractivity contribution in [2.75, 3.05) is 19.0 Å². The number of nitrogens with one attached hydrogen (secondary N) is 2. The number of rotatable bonds is 5. The zero-order valence-electron chi connectivity index (χ0n) is 20.3. The van der Waals surface area contributed by atoms with E-state index in [1.807, 2.05) is 24.3 Å². The molecule has 2 aliphatic carbocycles. The highest BCUT2D eigenvalue weighted by Gasteiger charge is 2.51. The molecule has 2 aromatic rings. The van der Waals surface area contributed by atoms with Crippen molar-refractivity contribution in [3.05, 3.63) is 59.2 Å². The largest absolute Gasteiger partial charge is 0.497 e. The summed E-state index contributed by atoms with van der Waals surface area (Å²) in [5.41, 5.74) is 5.59. The molecule has 4 rings (SSSR count). The zero-order chi connectivity index (χ0) is 22.9. The molecule has 0 spiro atoms. The second-order valence-corrected chi connectivity index (χ2v) is 10.6. The number of urea groups is 1. The number of hydrogen-bond acceptors (Lipinski definition) is 2. The van der Waals surface area contributed by atoms with Crippen molar-refractivity contribution >= 4 is 11.7 Å². The molecule has 1 fully saturated rings. The van der Waals surface area contributed by atoms with Gasteiger partial charge in [-0.05, 0) is 89.3 Å². The smallest absolute Gasteiger partial charge is 0.319 e. The Labute approximate surface area is 193 Å². The van der Waals surface area contributed by atoms with E-state index in [1.165, 1.54) is 24.8 Å². The van der Waals surface area contributed by atoms with Crippen molar-refractivity contribution < 1.29 is 9.53 Å². The van der Waals surface area contributed by atoms with Gasteiger partial charge in [-0.15, -0.1) is 0 Å². The van der Waals surface area contributed by atoms with E-state index in [9.17, 15) is 4.79 Å². The Balaban J connectivity index is 1.47. The van der Waals surface area contributed by atoms with Gasteiger partial charge < -0.3 is 15.4 Å². The van der Waals surface area contributed by atoms with E-state index in [0.29, 0.717) is 18.4 Å². The van der Waals surface area contributed by atoms with E-state index in [4.69, 9.17) is 4.74 Å². The Morgan fingerprint density at radius 1 is 1.12 bits per heavy atom. The summed E-state index contributed by atoms with van der Waals surface area (Å²) < 4.78 is 5.19. The molecule has 2 amide bonds. The van der Waals surface area contributed by atoms with Gasteiger partial charge in [0.1, 0.15) is 5.75 Å². The standard InChI is InChI=1S/C28H38N2O2/c1-19(2)20-7-13-24-21(17-20)8-14-25-27(3,15-6-16-28(24,25)4)18-29-26(31)30-22-9-11-23(32-5)12-10-22/h7,9-13,17,19,25H,6,8,14-16,18H2,1-5H3,(H2,29,30,31). The molecule has 1 saturated carbocycles. The fourth-order valence-corrected chi connectivity index (χ4v) is 6.35. The normalized spacial score (nSPS) is 26.8. The number of carbonyl (C=O) groups is 1. The minimum absolute atomic E-state index is 0.0959. The van der Waals surface area contributed by atoms with Crippen molar-refractivity contribution in [1.82, 2.24) is 5.32 Å². The molecule has 3 atom stereocenters. The first-order chi connectivity index (χ1) is 15.2. The van der Waals surface area contributed by atoms with Crippen LogP contribution in [-0.4, -0.2) is 19.7 Å². The quantitative estimate of drug-likeness (QED) is 0.553. The lowest BCUT2D eigenvalue weighted by atomic mass is 9.49. The van der Waals surface area contributed by atoms with Crippen LogP contribution >= 0.6 is 0 Å². The number of ether oxygens (including phenoxy) is 1. The van der Waals surface area contributed by atoms with Crippen molar-refractivity contribution in [2.45, 2.75) is 71.1 Å². The molecule has 2 aliphatic rings. The van der Waals surface area contributed by atoms with Gasteiger partial charge in [-0.3, -0.25) is 0 Å². The summed E-state index contributed by atoms with van der Waals surface area (Å²) in [5, 5.41) is 6.15. The number of fused-ring (bicyclic) bond motifs is 3. The second kappa shape index (κ2) is 8.80. The van der Waals surface area contributed by atoms with Crippen molar-refractivity contribution in [2.24, 2.45) is 11.3 Å². The molecular weight excluding hydrogens is 396 g/mol. The maximum atomic E-state index is 12.6. The van der Waals surface area contributed by atoms with Crippen molar-refractivity contribution in [3.63, 3.8) is 0 Å². The highest BCUT2D eigenvalue weighted by Crippen LogP contribution is 2.57. The fraction of sp³-hybridized carbons (Fsp3) is 0.536. The molecule has 2 aromatic carbocycles. The third-order valence-corrected chi connectivity index (χ3v) is 8.17. The Morgan fingerprint density at radius 2 is 1.88 bits per heavy atom. The van der Waals surface area contributed by atoms with Gasteiger partial charge in [0.2, 0.25) is 0 Å². The van der Waals surface area contributed by atoms with Gasteiger partial charge in [0.25, 0.3) is 0 Å². The van der Waals surface area contributed by atoms with E-state index in [0.717, 1.165) is 24.3 Å². The van der Waals surface area contributed by atoms with Crippen LogP contribution in [0.5, 0.6) is 5.75 Å². The molecule has 4 nitrogen and oxygen atoms in total. The van der Waals surface area contributed by atoms with Crippen LogP contribution in [0.1, 0.15) is 76.0 Å². The molecule has 4 heteroatoms. The minimum Gasteiger partial charge on any atom is -0.497 e. The molecule has 0 bridgehead atoms. The summed E-state index contributed by atoms with van der Waals surface area (Å²) in [7, 11) is 1.64. The van der Waals surface area contributed by atoms with E-state index >= 15 is 0 Å². The molecule has 0 saturated heterocycles. The summed E-state index contributed by atoms with van der Waals surface area (Å²) in [4.78, 5) is 12.6. The zero-order valence-corrected chi connectivity index (χ0v) is 20.3. The number of anilines is 1. The van der Waals surface area contributed by atoms with Crippen LogP contribution in [0, 0.1) is 11.3 Å². The summed E-state index contributed by atoms with van der Waals surface area (Å²) in [5.74, 6) is 1.92. The summed E-state index contributed by atoms with van der Waals surface area (Å²) in [6, 6.07) is 14.5. The first-order valence-electron chi connectivity index (χ1n) is 12.1. The van der Waals surface area contributed by atoms with Gasteiger partial charge in [-0.1, -0.05) is 52.3 Å². The molecular formula is C28H38N2O2. The van der Waals surface area contributed by atoms with Crippen LogP contribution in [-0.2, 0) is 11.8 Å². The van der Waals surface area contributed by atoms with Crippen molar-refractivity contribution in [3.8, 4) is 5.75 Å². The van der Waals surface area contributed by atoms with Gasteiger partial charge in [-0.2, -0.15) is 0 Å². The third-order valence-electron chi connectivity index (χ3n) is 8.17. The molecule has 0 aliphatic heterocycles. The van der Waals surface area contributed by atoms with Crippen LogP contribution < -0.4 is 15.4 Å². The lowest BCUT2D eigenvalue weighted by Crippen LogP contribution is -2.53. The Bertz CT molecular complexity index is 968. The first-order valence-corrected chi connectivity index (χ1v) is 12.1. The van der Waals surface area contributed by atoms with E-state index in [2.05, 4.69) is 56.5 Å². The SMILES string of the molecule is COc1ccc(NC(=O)NCC2(C)CCCC3(C)c4ccc(C(C)C)cc4CCC23)cc1. The molecule has 0 heterocycles. The predicted octanol–water partition coefficient (Wildman–Crippen LogP) is 6.65. The molecule has 3 unspecified atom stereocenters. The lowest BCUT2D eigenvalue weighted by Gasteiger charge is -2.55. The lowest BCUT2D eigenvalue weighted by molar-refractivity contribution is 0.0281. The number of carbonyl (C=O) groups excluding carboxylic acids is 1. The van der Waals surface area contributed by atoms with Crippen LogP contribution in [0.4, 0.5) is 10.5 Å². The van der Waals surface area contributed by atoms with Gasteiger partial charge in [0.15, 0.2) is 0 Å². The van der Waals surface area contributed by atoms with E-state index in [-0.39, 0.29) is 16.9 Å². The molecule has 0 radical (unpaired) electrons. The average Bonchev–Trinajstić information content (AvgIpc) is 2.78. The molecule has 2 N–H and O–H groups in total. The second-order valence-electron chi connectivity index (χ2n) is 10.6. The summed E-state index contributed by atoms with van der Waals surface area (Å²) in [6.45, 7) is 10.1. The Hall–Kier alpha value is -2.49. The van der Waals surface area contributed by atoms with Gasteiger partial charge in [0.05, 0.1) is 7.11 Å². The van der Waals surface area contributed by atoms with Crippen LogP contribution in [0.15, 0.2) is 42.5 Å². The molecule has 172 valence electrons. The highest BCUT2D eigenvalue weighted by molar-refractivity contribution is 5.89. The maximum absolute atomic E-state index is 12.6. The number of hydrogen-bond donors (Lipinski definition) is 2. The topological polar surface area (TPSA) is 50.4 Å². The predicted molar refractivity (Wildman–Crippen MR) is 132 cm³/mol. The van der Waals surface area contributed by atoms with Crippen LogP contribution in [0.25, 0.3) is 0 Å². The number of benzene rings is 2. The number of methoxy groups -OCH3 is 1. The maximum Gasteiger partial charge on any atom is 0.319 e. The minimum atomic E-state index is -0.138. The average molecular weight is 435 g/mol. The monoisotopic (exact) mass is 434 g/mol. The van der Waals surface area contributed by atoms with Crippen LogP contribution in [0.2, 0.25) is 0 Å². The first kappa shape index (κ1) is 22.7. The van der Waals surface area contributed by atoms with E-state index < -0.39 is 0 Å².